The fourth-order valence-corrected chi connectivity index (χ4v) is 3.71. The number of aromatic nitrogens is 2. The first kappa shape index (κ1) is 18.7. The molecular weight excluding hydrogens is 410 g/mol. The van der Waals surface area contributed by atoms with E-state index in [9.17, 15) is 4.79 Å². The Morgan fingerprint density at radius 2 is 1.92 bits per heavy atom. The van der Waals surface area contributed by atoms with Crippen LogP contribution in [0.4, 0.5) is 5.82 Å². The predicted octanol–water partition coefficient (Wildman–Crippen LogP) is 5.13. The fraction of sp³-hybridized carbons (Fsp3) is 0.250. The third-order valence-corrected chi connectivity index (χ3v) is 5.51. The first-order chi connectivity index (χ1) is 12.6. The Balaban J connectivity index is 1.72. The monoisotopic (exact) mass is 429 g/mol. The lowest BCUT2D eigenvalue weighted by atomic mass is 10.1. The molecule has 6 heteroatoms. The quantitative estimate of drug-likeness (QED) is 0.545. The van der Waals surface area contributed by atoms with Gasteiger partial charge in [-0.15, -0.1) is 11.3 Å². The number of likely N-dealkylation sites (N-methyl/N-ethyl adjacent to an activating group) is 1. The summed E-state index contributed by atoms with van der Waals surface area (Å²) in [6, 6.07) is 12.2. The Bertz CT molecular complexity index is 875. The summed E-state index contributed by atoms with van der Waals surface area (Å²) in [5, 5.41) is 2.91. The summed E-state index contributed by atoms with van der Waals surface area (Å²) >= 11 is 4.94. The molecule has 26 heavy (non-hydrogen) atoms. The van der Waals surface area contributed by atoms with Crippen molar-refractivity contribution < 1.29 is 4.79 Å². The Kier molecular flexibility index (Phi) is 6.16. The molecule has 1 amide bonds. The fourth-order valence-electron chi connectivity index (χ4n) is 2.65. The van der Waals surface area contributed by atoms with Crippen LogP contribution in [0, 0.1) is 0 Å². The number of anilines is 1. The van der Waals surface area contributed by atoms with Gasteiger partial charge in [0.15, 0.2) is 0 Å². The molecule has 0 unspecified atom stereocenters. The van der Waals surface area contributed by atoms with E-state index >= 15 is 0 Å². The summed E-state index contributed by atoms with van der Waals surface area (Å²) in [5.41, 5.74) is 3.19. The zero-order valence-corrected chi connectivity index (χ0v) is 17.2. The van der Waals surface area contributed by atoms with E-state index in [1.54, 1.807) is 22.4 Å². The van der Waals surface area contributed by atoms with Gasteiger partial charge in [-0.05, 0) is 47.0 Å². The number of rotatable bonds is 6. The van der Waals surface area contributed by atoms with E-state index in [0.29, 0.717) is 12.4 Å². The van der Waals surface area contributed by atoms with Gasteiger partial charge in [-0.3, -0.25) is 9.69 Å². The molecule has 0 aliphatic carbocycles. The zero-order chi connectivity index (χ0) is 18.5. The molecule has 2 heterocycles. The molecule has 0 saturated heterocycles. The van der Waals surface area contributed by atoms with Gasteiger partial charge in [0.25, 0.3) is 0 Å². The number of halogens is 1. The largest absolute Gasteiger partial charge is 0.297 e. The maximum Gasteiger partial charge on any atom is 0.234 e. The van der Waals surface area contributed by atoms with Crippen molar-refractivity contribution in [2.24, 2.45) is 0 Å². The molecule has 0 aliphatic heterocycles. The van der Waals surface area contributed by atoms with E-state index in [4.69, 9.17) is 0 Å². The van der Waals surface area contributed by atoms with Crippen LogP contribution in [0.3, 0.4) is 0 Å². The van der Waals surface area contributed by atoms with Gasteiger partial charge >= 0.3 is 0 Å². The minimum absolute atomic E-state index is 0.000466. The highest BCUT2D eigenvalue weighted by Gasteiger charge is 2.17. The highest BCUT2D eigenvalue weighted by atomic mass is 79.9. The highest BCUT2D eigenvalue weighted by molar-refractivity contribution is 9.10. The summed E-state index contributed by atoms with van der Waals surface area (Å²) in [5.74, 6) is 0.659. The number of amides is 1. The molecule has 0 saturated carbocycles. The Hall–Kier alpha value is -2.05. The number of thiazole rings is 1. The van der Waals surface area contributed by atoms with Gasteiger partial charge in [0, 0.05) is 28.2 Å². The summed E-state index contributed by atoms with van der Waals surface area (Å²) < 4.78 is 0.892. The Labute approximate surface area is 166 Å². The molecule has 0 N–H and O–H groups in total. The summed E-state index contributed by atoms with van der Waals surface area (Å²) in [4.78, 5) is 23.3. The molecule has 3 aromatic rings. The van der Waals surface area contributed by atoms with Crippen LogP contribution in [0.15, 0.2) is 52.4 Å². The lowest BCUT2D eigenvalue weighted by Crippen LogP contribution is -2.32. The van der Waals surface area contributed by atoms with Crippen LogP contribution >= 0.6 is 27.3 Å². The molecule has 2 aromatic heterocycles. The van der Waals surface area contributed by atoms with E-state index in [0.717, 1.165) is 27.2 Å². The van der Waals surface area contributed by atoms with Crippen molar-refractivity contribution in [3.8, 4) is 10.6 Å². The molecule has 0 spiro atoms. The van der Waals surface area contributed by atoms with E-state index < -0.39 is 0 Å². The average Bonchev–Trinajstić information content (AvgIpc) is 3.12. The number of hydrogen-bond acceptors (Lipinski definition) is 4. The number of carbonyl (C=O) groups is 1. The summed E-state index contributed by atoms with van der Waals surface area (Å²) in [6.45, 7) is 4.66. The van der Waals surface area contributed by atoms with Gasteiger partial charge in [-0.25, -0.2) is 9.97 Å². The predicted molar refractivity (Wildman–Crippen MR) is 111 cm³/mol. The van der Waals surface area contributed by atoms with Crippen LogP contribution in [-0.4, -0.2) is 22.4 Å². The molecule has 0 bridgehead atoms. The van der Waals surface area contributed by atoms with Crippen LogP contribution < -0.4 is 4.90 Å². The number of aryl methyl sites for hydroxylation is 1. The molecule has 1 aromatic carbocycles. The maximum atomic E-state index is 12.7. The standard InChI is InChI=1S/C20H20BrN3OS/c1-3-14-5-7-15(8-6-14)20-23-17(13-26-20)11-19(25)24(4-2)18-10-9-16(21)12-22-18/h5-10,12-13H,3-4,11H2,1-2H3. The number of benzene rings is 1. The molecule has 4 nitrogen and oxygen atoms in total. The second-order valence-corrected chi connectivity index (χ2v) is 7.62. The van der Waals surface area contributed by atoms with Crippen molar-refractivity contribution in [1.82, 2.24) is 9.97 Å². The van der Waals surface area contributed by atoms with Crippen LogP contribution in [0.5, 0.6) is 0 Å². The van der Waals surface area contributed by atoms with Crippen LogP contribution in [0.1, 0.15) is 25.1 Å². The second-order valence-electron chi connectivity index (χ2n) is 5.84. The lowest BCUT2D eigenvalue weighted by molar-refractivity contribution is -0.118. The van der Waals surface area contributed by atoms with E-state index in [2.05, 4.69) is 57.1 Å². The van der Waals surface area contributed by atoms with Crippen molar-refractivity contribution >= 4 is 39.0 Å². The first-order valence-electron chi connectivity index (χ1n) is 8.56. The topological polar surface area (TPSA) is 46.1 Å². The number of nitrogens with zero attached hydrogens (tertiary/aromatic N) is 3. The van der Waals surface area contributed by atoms with Crippen molar-refractivity contribution in [3.63, 3.8) is 0 Å². The lowest BCUT2D eigenvalue weighted by Gasteiger charge is -2.19. The summed E-state index contributed by atoms with van der Waals surface area (Å²) in [7, 11) is 0. The van der Waals surface area contributed by atoms with Crippen molar-refractivity contribution in [2.75, 3.05) is 11.4 Å². The van der Waals surface area contributed by atoms with Gasteiger partial charge in [0.05, 0.1) is 12.1 Å². The average molecular weight is 430 g/mol. The minimum Gasteiger partial charge on any atom is -0.297 e. The van der Waals surface area contributed by atoms with Gasteiger partial charge in [0.2, 0.25) is 5.91 Å². The van der Waals surface area contributed by atoms with Crippen LogP contribution in [0.2, 0.25) is 0 Å². The third-order valence-electron chi connectivity index (χ3n) is 4.10. The van der Waals surface area contributed by atoms with E-state index in [1.165, 1.54) is 5.56 Å². The van der Waals surface area contributed by atoms with Gasteiger partial charge in [-0.2, -0.15) is 0 Å². The van der Waals surface area contributed by atoms with Crippen molar-refractivity contribution in [1.29, 1.82) is 0 Å². The Morgan fingerprint density at radius 1 is 1.15 bits per heavy atom. The molecule has 0 radical (unpaired) electrons. The van der Waals surface area contributed by atoms with Gasteiger partial charge in [0.1, 0.15) is 10.8 Å². The third kappa shape index (κ3) is 4.37. The van der Waals surface area contributed by atoms with Gasteiger partial charge < -0.3 is 0 Å². The molecule has 3 rings (SSSR count). The number of pyridine rings is 1. The summed E-state index contributed by atoms with van der Waals surface area (Å²) in [6.07, 6.45) is 3.00. The van der Waals surface area contributed by atoms with Crippen molar-refractivity contribution in [3.05, 3.63) is 63.7 Å². The molecule has 0 fully saturated rings. The first-order valence-corrected chi connectivity index (χ1v) is 10.2. The minimum atomic E-state index is 0.000466. The van der Waals surface area contributed by atoms with E-state index in [1.807, 2.05) is 24.4 Å². The molecule has 0 aliphatic rings. The van der Waals surface area contributed by atoms with Gasteiger partial charge in [-0.1, -0.05) is 31.2 Å². The normalized spacial score (nSPS) is 10.7. The second kappa shape index (κ2) is 8.56. The maximum absolute atomic E-state index is 12.7. The molecule has 134 valence electrons. The van der Waals surface area contributed by atoms with Crippen LogP contribution in [-0.2, 0) is 17.6 Å². The van der Waals surface area contributed by atoms with Crippen LogP contribution in [0.25, 0.3) is 10.6 Å². The van der Waals surface area contributed by atoms with Crippen molar-refractivity contribution in [2.45, 2.75) is 26.7 Å². The zero-order valence-electron chi connectivity index (χ0n) is 14.8. The molecular formula is C20H20BrN3OS. The van der Waals surface area contributed by atoms with E-state index in [-0.39, 0.29) is 12.3 Å². The highest BCUT2D eigenvalue weighted by Crippen LogP contribution is 2.25. The smallest absolute Gasteiger partial charge is 0.234 e. The Morgan fingerprint density at radius 3 is 2.54 bits per heavy atom. The number of hydrogen-bond donors (Lipinski definition) is 0. The SMILES string of the molecule is CCc1ccc(-c2nc(CC(=O)N(CC)c3ccc(Br)cn3)cs2)cc1. The molecule has 0 atom stereocenters. The number of carbonyl (C=O) groups excluding carboxylic acids is 1.